The van der Waals surface area contributed by atoms with E-state index in [9.17, 15) is 20.4 Å². The second kappa shape index (κ2) is 14.4. The molecule has 0 aliphatic heterocycles. The number of fused-ring (bicyclic) bond motifs is 2. The molecule has 52 heavy (non-hydrogen) atoms. The monoisotopic (exact) mass is 739 g/mol. The van der Waals surface area contributed by atoms with Crippen molar-refractivity contribution in [2.75, 3.05) is 0 Å². The molecule has 0 aliphatic rings. The van der Waals surface area contributed by atoms with Crippen LogP contribution in [0.2, 0.25) is 0 Å². The van der Waals surface area contributed by atoms with E-state index in [1.807, 2.05) is 68.4 Å². The Labute approximate surface area is 308 Å². The first kappa shape index (κ1) is 35.4. The summed E-state index contributed by atoms with van der Waals surface area (Å²) in [4.78, 5) is 0. The van der Waals surface area contributed by atoms with Crippen LogP contribution >= 0.6 is 0 Å². The molecule has 0 saturated heterocycles. The Balaban J connectivity index is 0.00000464. The van der Waals surface area contributed by atoms with Gasteiger partial charge in [0.1, 0.15) is 28.6 Å². The van der Waals surface area contributed by atoms with Crippen LogP contribution in [0.3, 0.4) is 0 Å². The van der Waals surface area contributed by atoms with Crippen molar-refractivity contribution >= 4 is 55.7 Å². The van der Waals surface area contributed by atoms with E-state index in [1.165, 1.54) is 16.8 Å². The van der Waals surface area contributed by atoms with Crippen molar-refractivity contribution < 1.29 is 37.5 Å². The zero-order valence-electron chi connectivity index (χ0n) is 28.4. The molecule has 0 spiro atoms. The first-order valence-electron chi connectivity index (χ1n) is 16.0. The van der Waals surface area contributed by atoms with Gasteiger partial charge >= 0.3 is 0 Å². The predicted molar refractivity (Wildman–Crippen MR) is 196 cm³/mol. The summed E-state index contributed by atoms with van der Waals surface area (Å²) in [7, 11) is 0. The molecule has 4 N–H and O–H groups in total. The van der Waals surface area contributed by atoms with Gasteiger partial charge in [-0.2, -0.15) is 20.0 Å². The maximum absolute atomic E-state index is 11.3. The van der Waals surface area contributed by atoms with Crippen molar-refractivity contribution in [2.24, 2.45) is 30.7 Å². The zero-order valence-corrected chi connectivity index (χ0v) is 29.3. The Kier molecular flexibility index (Phi) is 9.82. The number of hydrogen-bond donors (Lipinski definition) is 4. The maximum atomic E-state index is 11.3. The van der Waals surface area contributed by atoms with E-state index in [0.29, 0.717) is 39.4 Å². The van der Waals surface area contributed by atoms with E-state index in [2.05, 4.69) is 35.8 Å². The zero-order chi connectivity index (χ0) is 35.8. The number of phenolic OH excluding ortho intramolecular Hbond substituents is 3. The van der Waals surface area contributed by atoms with E-state index in [0.717, 1.165) is 27.3 Å². The van der Waals surface area contributed by atoms with Crippen LogP contribution in [0.25, 0.3) is 27.2 Å². The number of azo groups is 3. The summed E-state index contributed by atoms with van der Waals surface area (Å²) in [5.74, 6) is -0.448. The normalized spacial score (nSPS) is 11.8. The van der Waals surface area contributed by atoms with E-state index in [1.54, 1.807) is 44.2 Å². The van der Waals surface area contributed by atoms with E-state index >= 15 is 0 Å². The molecule has 1 aromatic heterocycles. The third-order valence-corrected chi connectivity index (χ3v) is 8.50. The van der Waals surface area contributed by atoms with Crippen LogP contribution in [-0.4, -0.2) is 30.2 Å². The van der Waals surface area contributed by atoms with E-state index in [-0.39, 0.29) is 57.3 Å². The van der Waals surface area contributed by atoms with Crippen molar-refractivity contribution in [1.29, 1.82) is 0 Å². The minimum absolute atomic E-state index is 0. The third kappa shape index (κ3) is 6.82. The summed E-state index contributed by atoms with van der Waals surface area (Å²) in [6.45, 7) is 7.43. The summed E-state index contributed by atoms with van der Waals surface area (Å²) in [5, 5.41) is 76.3. The molecule has 13 heteroatoms. The number of phenols is 3. The van der Waals surface area contributed by atoms with Gasteiger partial charge in [-0.1, -0.05) is 48.0 Å². The Bertz CT molecular complexity index is 2580. The number of rotatable bonds is 7. The Hall–Kier alpha value is -6.43. The molecule has 6 aromatic carbocycles. The number of aryl methyl sites for hydroxylation is 4. The second-order valence-corrected chi connectivity index (χ2v) is 12.2. The molecule has 0 fully saturated rings. The SMILES string of the molecule is Cc1ccc(-n2nc(C)c(N=Nc3ccc4cc(C)c(N=Nc5ccc(N=Nc6c(O)cc(C)c7ccccc67)cc5O)c(O)c4c3)c2O)cc1.[Cu]. The fourth-order valence-corrected chi connectivity index (χ4v) is 5.78. The van der Waals surface area contributed by atoms with Gasteiger partial charge in [-0.05, 0) is 98.1 Å². The summed E-state index contributed by atoms with van der Waals surface area (Å²) < 4.78 is 1.41. The van der Waals surface area contributed by atoms with Crippen molar-refractivity contribution in [3.8, 4) is 28.8 Å². The van der Waals surface area contributed by atoms with Crippen LogP contribution in [0.4, 0.5) is 34.1 Å². The topological polar surface area (TPSA) is 173 Å². The fourth-order valence-electron chi connectivity index (χ4n) is 5.78. The van der Waals surface area contributed by atoms with E-state index in [4.69, 9.17) is 0 Å². The van der Waals surface area contributed by atoms with Gasteiger partial charge in [0.2, 0.25) is 5.88 Å². The van der Waals surface area contributed by atoms with Gasteiger partial charge in [0.25, 0.3) is 0 Å². The van der Waals surface area contributed by atoms with Gasteiger partial charge in [-0.25, -0.2) is 0 Å². The van der Waals surface area contributed by atoms with Crippen molar-refractivity contribution in [3.63, 3.8) is 0 Å². The standard InChI is InChI=1S/C39H32N8O4.Cu/c1-21-9-14-28(15-10-21)47-39(51)36(24(4)46-47)44-40-26-12-11-25-17-23(3)35(38(50)31(25)19-26)43-42-32-16-13-27(20-33(32)48)41-45-37-30-8-6-5-7-29(30)22(2)18-34(37)49;/h5-20,48-51H,1-4H3;. The van der Waals surface area contributed by atoms with Crippen LogP contribution in [0.1, 0.15) is 22.4 Å². The van der Waals surface area contributed by atoms with Crippen LogP contribution in [0.15, 0.2) is 128 Å². The van der Waals surface area contributed by atoms with Gasteiger partial charge in [0, 0.05) is 33.9 Å². The van der Waals surface area contributed by atoms with Gasteiger partial charge in [-0.15, -0.1) is 20.5 Å². The molecule has 12 nitrogen and oxygen atoms in total. The van der Waals surface area contributed by atoms with Gasteiger partial charge in [0.15, 0.2) is 11.4 Å². The van der Waals surface area contributed by atoms with Crippen molar-refractivity contribution in [1.82, 2.24) is 9.78 Å². The van der Waals surface area contributed by atoms with E-state index < -0.39 is 0 Å². The van der Waals surface area contributed by atoms with Gasteiger partial charge in [-0.3, -0.25) is 0 Å². The van der Waals surface area contributed by atoms with Crippen molar-refractivity contribution in [3.05, 3.63) is 119 Å². The first-order valence-corrected chi connectivity index (χ1v) is 16.0. The second-order valence-electron chi connectivity index (χ2n) is 12.2. The van der Waals surface area contributed by atoms with Gasteiger partial charge in [0.05, 0.1) is 22.8 Å². The molecule has 0 saturated carbocycles. The number of aromatic hydroxyl groups is 4. The minimum Gasteiger partial charge on any atom is -0.506 e. The number of hydrogen-bond acceptors (Lipinski definition) is 11. The average Bonchev–Trinajstić information content (AvgIpc) is 3.40. The number of nitrogens with zero attached hydrogens (tertiary/aromatic N) is 8. The largest absolute Gasteiger partial charge is 0.506 e. The molecule has 7 rings (SSSR count). The predicted octanol–water partition coefficient (Wildman–Crippen LogP) is 11.5. The molecule has 0 aliphatic carbocycles. The Morgan fingerprint density at radius 1 is 0.538 bits per heavy atom. The Morgan fingerprint density at radius 3 is 1.92 bits per heavy atom. The van der Waals surface area contributed by atoms with Crippen LogP contribution in [-0.2, 0) is 17.1 Å². The number of aromatic nitrogens is 2. The average molecular weight is 740 g/mol. The molecular formula is C39H32CuN8O4. The molecule has 7 aromatic rings. The molecule has 263 valence electrons. The quantitative estimate of drug-likeness (QED) is 0.0938. The van der Waals surface area contributed by atoms with Gasteiger partial charge < -0.3 is 20.4 Å². The fraction of sp³-hybridized carbons (Fsp3) is 0.103. The van der Waals surface area contributed by atoms with Crippen LogP contribution < -0.4 is 0 Å². The summed E-state index contributed by atoms with van der Waals surface area (Å²) >= 11 is 0. The maximum Gasteiger partial charge on any atom is 0.243 e. The molecule has 1 heterocycles. The molecule has 0 bridgehead atoms. The Morgan fingerprint density at radius 2 is 1.19 bits per heavy atom. The summed E-state index contributed by atoms with van der Waals surface area (Å²) in [6, 6.07) is 28.4. The molecule has 1 radical (unpaired) electrons. The number of benzene rings is 6. The first-order chi connectivity index (χ1) is 24.6. The molecule has 0 amide bonds. The minimum atomic E-state index is -0.196. The summed E-state index contributed by atoms with van der Waals surface area (Å²) in [6.07, 6.45) is 0. The third-order valence-electron chi connectivity index (χ3n) is 8.50. The molecule has 0 atom stereocenters. The summed E-state index contributed by atoms with van der Waals surface area (Å²) in [5.41, 5.74) is 5.56. The molecule has 0 unspecified atom stereocenters. The molecular weight excluding hydrogens is 708 g/mol. The van der Waals surface area contributed by atoms with Crippen LogP contribution in [0.5, 0.6) is 23.1 Å². The smallest absolute Gasteiger partial charge is 0.243 e. The van der Waals surface area contributed by atoms with Crippen molar-refractivity contribution in [2.45, 2.75) is 27.7 Å². The van der Waals surface area contributed by atoms with Crippen LogP contribution in [0, 0.1) is 27.7 Å².